The van der Waals surface area contributed by atoms with Gasteiger partial charge in [0.1, 0.15) is 5.75 Å². The number of carbonyl (C=O) groups excluding carboxylic acids is 2. The van der Waals surface area contributed by atoms with Crippen molar-refractivity contribution in [1.82, 2.24) is 0 Å². The van der Waals surface area contributed by atoms with Crippen LogP contribution in [0.2, 0.25) is 0 Å². The van der Waals surface area contributed by atoms with E-state index in [-0.39, 0.29) is 12.8 Å². The lowest BCUT2D eigenvalue weighted by Crippen LogP contribution is -2.46. The molecule has 3 aromatic carbocycles. The molecule has 1 aliphatic heterocycles. The van der Waals surface area contributed by atoms with Gasteiger partial charge in [-0.3, -0.25) is 4.79 Å². The highest BCUT2D eigenvalue weighted by molar-refractivity contribution is 5.86. The van der Waals surface area contributed by atoms with Crippen molar-refractivity contribution in [2.75, 3.05) is 0 Å². The molecule has 5 nitrogen and oxygen atoms in total. The molecule has 29 heavy (non-hydrogen) atoms. The van der Waals surface area contributed by atoms with Gasteiger partial charge in [0.2, 0.25) is 0 Å². The van der Waals surface area contributed by atoms with Gasteiger partial charge in [-0.05, 0) is 23.3 Å². The van der Waals surface area contributed by atoms with Gasteiger partial charge in [-0.2, -0.15) is 0 Å². The van der Waals surface area contributed by atoms with Crippen molar-refractivity contribution in [1.29, 1.82) is 0 Å². The maximum absolute atomic E-state index is 13.2. The lowest BCUT2D eigenvalue weighted by molar-refractivity contribution is -0.209. The molecule has 1 heterocycles. The molecule has 1 unspecified atom stereocenters. The molecule has 0 N–H and O–H groups in total. The molecule has 146 valence electrons. The fraction of sp³-hybridized carbons (Fsp3) is 0.167. The van der Waals surface area contributed by atoms with Gasteiger partial charge in [0.05, 0.1) is 6.42 Å². The Balaban J connectivity index is 1.65. The minimum atomic E-state index is -1.79. The summed E-state index contributed by atoms with van der Waals surface area (Å²) in [5, 5.41) is 0. The zero-order chi connectivity index (χ0) is 20.1. The van der Waals surface area contributed by atoms with Gasteiger partial charge in [-0.25, -0.2) is 4.79 Å². The van der Waals surface area contributed by atoms with E-state index in [2.05, 4.69) is 0 Å². The van der Waals surface area contributed by atoms with E-state index in [1.54, 1.807) is 24.3 Å². The second kappa shape index (κ2) is 8.19. The van der Waals surface area contributed by atoms with Crippen molar-refractivity contribution >= 4 is 11.9 Å². The van der Waals surface area contributed by atoms with Crippen molar-refractivity contribution < 1.29 is 23.8 Å². The quantitative estimate of drug-likeness (QED) is 0.585. The Kier molecular flexibility index (Phi) is 5.29. The van der Waals surface area contributed by atoms with Crippen LogP contribution in [0.5, 0.6) is 5.75 Å². The summed E-state index contributed by atoms with van der Waals surface area (Å²) in [6.07, 6.45) is -0.473. The van der Waals surface area contributed by atoms with Gasteiger partial charge in [-0.15, -0.1) is 0 Å². The Morgan fingerprint density at radius 1 is 0.828 bits per heavy atom. The normalized spacial score (nSPS) is 18.3. The van der Waals surface area contributed by atoms with Gasteiger partial charge >= 0.3 is 17.7 Å². The van der Waals surface area contributed by atoms with Crippen LogP contribution in [-0.4, -0.2) is 17.7 Å². The van der Waals surface area contributed by atoms with Crippen molar-refractivity contribution in [2.45, 2.75) is 24.7 Å². The third-order valence-corrected chi connectivity index (χ3v) is 4.70. The Morgan fingerprint density at radius 2 is 1.34 bits per heavy atom. The average Bonchev–Trinajstić information content (AvgIpc) is 3.15. The Labute approximate surface area is 168 Å². The number of rotatable bonds is 6. The first-order valence-electron chi connectivity index (χ1n) is 9.43. The average molecular weight is 388 g/mol. The summed E-state index contributed by atoms with van der Waals surface area (Å²) in [5.41, 5.74) is 1.62. The summed E-state index contributed by atoms with van der Waals surface area (Å²) in [7, 11) is 0. The summed E-state index contributed by atoms with van der Waals surface area (Å²) in [5.74, 6) is -2.59. The topological polar surface area (TPSA) is 61.8 Å². The minimum Gasteiger partial charge on any atom is -0.447 e. The summed E-state index contributed by atoms with van der Waals surface area (Å²) < 4.78 is 17.1. The van der Waals surface area contributed by atoms with Crippen LogP contribution in [0.25, 0.3) is 0 Å². The first-order valence-corrected chi connectivity index (χ1v) is 9.43. The maximum atomic E-state index is 13.2. The number of benzene rings is 3. The van der Waals surface area contributed by atoms with Gasteiger partial charge in [-0.1, -0.05) is 78.9 Å². The van der Waals surface area contributed by atoms with E-state index in [4.69, 9.17) is 14.2 Å². The molecule has 0 aromatic heterocycles. The maximum Gasteiger partial charge on any atom is 0.393 e. The molecule has 3 aromatic rings. The molecule has 0 saturated carbocycles. The summed E-state index contributed by atoms with van der Waals surface area (Å²) in [6.45, 7) is 0. The molecule has 0 bridgehead atoms. The molecule has 0 amide bonds. The van der Waals surface area contributed by atoms with E-state index in [9.17, 15) is 9.59 Å². The molecule has 0 radical (unpaired) electrons. The van der Waals surface area contributed by atoms with Crippen LogP contribution in [0.1, 0.15) is 30.1 Å². The van der Waals surface area contributed by atoms with Gasteiger partial charge in [0, 0.05) is 6.42 Å². The number of carbonyl (C=O) groups is 2. The molecule has 4 rings (SSSR count). The zero-order valence-electron chi connectivity index (χ0n) is 15.7. The standard InChI is InChI=1S/C24H20O5/c25-21-16-17-24(29-21,28-20-14-8-3-9-15-20)23(26)27-22(18-10-4-1-5-11-18)19-12-6-2-7-13-19/h1-15,22H,16-17H2. The van der Waals surface area contributed by atoms with Crippen LogP contribution in [0.3, 0.4) is 0 Å². The minimum absolute atomic E-state index is 0.0866. The van der Waals surface area contributed by atoms with E-state index in [1.165, 1.54) is 0 Å². The third-order valence-electron chi connectivity index (χ3n) is 4.70. The molecule has 0 spiro atoms. The van der Waals surface area contributed by atoms with E-state index in [0.29, 0.717) is 5.75 Å². The second-order valence-electron chi connectivity index (χ2n) is 6.75. The zero-order valence-corrected chi connectivity index (χ0v) is 15.7. The number of esters is 2. The summed E-state index contributed by atoms with van der Waals surface area (Å²) >= 11 is 0. The first kappa shape index (κ1) is 18.7. The van der Waals surface area contributed by atoms with Crippen LogP contribution < -0.4 is 4.74 Å². The summed E-state index contributed by atoms with van der Waals surface area (Å²) in [4.78, 5) is 25.1. The predicted octanol–water partition coefficient (Wildman–Crippen LogP) is 4.43. The van der Waals surface area contributed by atoms with E-state index < -0.39 is 23.8 Å². The first-order chi connectivity index (χ1) is 14.2. The highest BCUT2D eigenvalue weighted by Crippen LogP contribution is 2.35. The molecular weight excluding hydrogens is 368 g/mol. The second-order valence-corrected chi connectivity index (χ2v) is 6.75. The molecule has 1 atom stereocenters. The number of ether oxygens (including phenoxy) is 3. The molecule has 1 fully saturated rings. The molecule has 0 aliphatic carbocycles. The monoisotopic (exact) mass is 388 g/mol. The van der Waals surface area contributed by atoms with E-state index in [1.807, 2.05) is 66.7 Å². The fourth-order valence-corrected chi connectivity index (χ4v) is 3.27. The lowest BCUT2D eigenvalue weighted by atomic mass is 10.0. The lowest BCUT2D eigenvalue weighted by Gasteiger charge is -2.29. The number of cyclic esters (lactones) is 1. The van der Waals surface area contributed by atoms with Gasteiger partial charge < -0.3 is 14.2 Å². The van der Waals surface area contributed by atoms with Crippen LogP contribution in [0.4, 0.5) is 0 Å². The smallest absolute Gasteiger partial charge is 0.393 e. The van der Waals surface area contributed by atoms with Crippen molar-refractivity contribution in [3.05, 3.63) is 102 Å². The number of para-hydroxylation sites is 1. The van der Waals surface area contributed by atoms with Crippen LogP contribution in [0, 0.1) is 0 Å². The van der Waals surface area contributed by atoms with Gasteiger partial charge in [0.25, 0.3) is 0 Å². The molecular formula is C24H20O5. The van der Waals surface area contributed by atoms with Crippen LogP contribution in [-0.2, 0) is 19.1 Å². The third kappa shape index (κ3) is 4.14. The number of hydrogen-bond acceptors (Lipinski definition) is 5. The Bertz CT molecular complexity index is 932. The SMILES string of the molecule is O=C1CCC(Oc2ccccc2)(C(=O)OC(c2ccccc2)c2ccccc2)O1. The Hall–Kier alpha value is -3.60. The van der Waals surface area contributed by atoms with E-state index >= 15 is 0 Å². The van der Waals surface area contributed by atoms with Crippen LogP contribution >= 0.6 is 0 Å². The highest BCUT2D eigenvalue weighted by atomic mass is 16.7. The molecule has 1 aliphatic rings. The van der Waals surface area contributed by atoms with Crippen molar-refractivity contribution in [3.63, 3.8) is 0 Å². The number of hydrogen-bond donors (Lipinski definition) is 0. The van der Waals surface area contributed by atoms with Gasteiger partial charge in [0.15, 0.2) is 6.10 Å². The summed E-state index contributed by atoms with van der Waals surface area (Å²) in [6, 6.07) is 27.6. The largest absolute Gasteiger partial charge is 0.447 e. The van der Waals surface area contributed by atoms with Crippen molar-refractivity contribution in [3.8, 4) is 5.75 Å². The predicted molar refractivity (Wildman–Crippen MR) is 106 cm³/mol. The highest BCUT2D eigenvalue weighted by Gasteiger charge is 2.52. The van der Waals surface area contributed by atoms with Crippen LogP contribution in [0.15, 0.2) is 91.0 Å². The molecule has 1 saturated heterocycles. The molecule has 5 heteroatoms. The van der Waals surface area contributed by atoms with E-state index in [0.717, 1.165) is 11.1 Å². The van der Waals surface area contributed by atoms with Crippen molar-refractivity contribution in [2.24, 2.45) is 0 Å². The Morgan fingerprint density at radius 3 is 1.83 bits per heavy atom. The fourth-order valence-electron chi connectivity index (χ4n) is 3.27.